The number of aromatic nitrogens is 1. The normalized spacial score (nSPS) is 16.5. The van der Waals surface area contributed by atoms with Gasteiger partial charge in [-0.2, -0.15) is 0 Å². The molecule has 7 nitrogen and oxygen atoms in total. The SMILES string of the molecule is COc1ccc(/C(O)=C2/C(=O)C(=O)N(c3ccc(OCc4ccccc4)cc3)C2c2ccccn2)cc1C. The number of hydrogen-bond acceptors (Lipinski definition) is 6. The van der Waals surface area contributed by atoms with E-state index in [0.717, 1.165) is 11.1 Å². The van der Waals surface area contributed by atoms with Crippen molar-refractivity contribution in [1.29, 1.82) is 0 Å². The molecule has 0 aliphatic carbocycles. The lowest BCUT2D eigenvalue weighted by molar-refractivity contribution is -0.132. The molecule has 1 N–H and O–H groups in total. The highest BCUT2D eigenvalue weighted by Crippen LogP contribution is 2.42. The van der Waals surface area contributed by atoms with Crippen LogP contribution in [0.15, 0.2) is 103 Å². The van der Waals surface area contributed by atoms with Crippen molar-refractivity contribution < 1.29 is 24.2 Å². The molecule has 0 saturated carbocycles. The number of aliphatic hydroxyl groups excluding tert-OH is 1. The molecule has 1 amide bonds. The number of hydrogen-bond donors (Lipinski definition) is 1. The van der Waals surface area contributed by atoms with E-state index in [1.807, 2.05) is 37.3 Å². The number of Topliss-reactive ketones (excluding diaryl/α,β-unsaturated/α-hetero) is 1. The molecular formula is C31H26N2O5. The van der Waals surface area contributed by atoms with Gasteiger partial charge in [-0.15, -0.1) is 0 Å². The molecule has 0 spiro atoms. The van der Waals surface area contributed by atoms with Gasteiger partial charge < -0.3 is 14.6 Å². The molecule has 3 aromatic carbocycles. The third-order valence-electron chi connectivity index (χ3n) is 6.44. The molecule has 1 atom stereocenters. The van der Waals surface area contributed by atoms with Gasteiger partial charge >= 0.3 is 0 Å². The molecule has 0 radical (unpaired) electrons. The van der Waals surface area contributed by atoms with Crippen LogP contribution in [0.4, 0.5) is 5.69 Å². The third kappa shape index (κ3) is 4.74. The fourth-order valence-electron chi connectivity index (χ4n) is 4.54. The van der Waals surface area contributed by atoms with Gasteiger partial charge in [0.15, 0.2) is 0 Å². The van der Waals surface area contributed by atoms with Gasteiger partial charge in [0.25, 0.3) is 11.7 Å². The van der Waals surface area contributed by atoms with Crippen LogP contribution < -0.4 is 14.4 Å². The number of benzene rings is 3. The number of aliphatic hydroxyl groups is 1. The molecule has 1 aliphatic rings. The molecule has 0 bridgehead atoms. The quantitative estimate of drug-likeness (QED) is 0.199. The zero-order chi connectivity index (χ0) is 26.6. The van der Waals surface area contributed by atoms with Crippen molar-refractivity contribution in [2.75, 3.05) is 12.0 Å². The van der Waals surface area contributed by atoms with E-state index >= 15 is 0 Å². The van der Waals surface area contributed by atoms with Crippen molar-refractivity contribution in [2.45, 2.75) is 19.6 Å². The number of carbonyl (C=O) groups excluding carboxylic acids is 2. The Hall–Kier alpha value is -4.91. The predicted octanol–water partition coefficient (Wildman–Crippen LogP) is 5.60. The summed E-state index contributed by atoms with van der Waals surface area (Å²) in [5.41, 5.74) is 3.15. The summed E-state index contributed by atoms with van der Waals surface area (Å²) in [4.78, 5) is 32.5. The van der Waals surface area contributed by atoms with Crippen molar-refractivity contribution in [2.24, 2.45) is 0 Å². The number of ketones is 1. The maximum Gasteiger partial charge on any atom is 0.300 e. The van der Waals surface area contributed by atoms with Crippen LogP contribution in [0.2, 0.25) is 0 Å². The largest absolute Gasteiger partial charge is 0.507 e. The number of rotatable bonds is 7. The van der Waals surface area contributed by atoms with Gasteiger partial charge in [-0.1, -0.05) is 36.4 Å². The highest BCUT2D eigenvalue weighted by molar-refractivity contribution is 6.51. The second-order valence-corrected chi connectivity index (χ2v) is 8.88. The van der Waals surface area contributed by atoms with E-state index in [2.05, 4.69) is 4.98 Å². The number of aryl methyl sites for hydroxylation is 1. The molecule has 2 heterocycles. The Morgan fingerprint density at radius 1 is 0.947 bits per heavy atom. The third-order valence-corrected chi connectivity index (χ3v) is 6.44. The number of ether oxygens (including phenoxy) is 2. The number of anilines is 1. The Kier molecular flexibility index (Phi) is 6.91. The highest BCUT2D eigenvalue weighted by Gasteiger charge is 2.47. The predicted molar refractivity (Wildman–Crippen MR) is 144 cm³/mol. The number of carbonyl (C=O) groups is 2. The van der Waals surface area contributed by atoms with Crippen LogP contribution in [-0.4, -0.2) is 28.9 Å². The minimum Gasteiger partial charge on any atom is -0.507 e. The molecule has 1 saturated heterocycles. The van der Waals surface area contributed by atoms with E-state index in [-0.39, 0.29) is 11.3 Å². The first-order chi connectivity index (χ1) is 18.5. The fourth-order valence-corrected chi connectivity index (χ4v) is 4.54. The Bertz CT molecular complexity index is 1500. The minimum absolute atomic E-state index is 0.0253. The lowest BCUT2D eigenvalue weighted by atomic mass is 9.97. The van der Waals surface area contributed by atoms with E-state index in [1.54, 1.807) is 74.0 Å². The lowest BCUT2D eigenvalue weighted by Crippen LogP contribution is -2.29. The number of amides is 1. The van der Waals surface area contributed by atoms with Gasteiger partial charge in [-0.3, -0.25) is 19.5 Å². The monoisotopic (exact) mass is 506 g/mol. The van der Waals surface area contributed by atoms with Crippen LogP contribution in [0.25, 0.3) is 5.76 Å². The second-order valence-electron chi connectivity index (χ2n) is 8.88. The van der Waals surface area contributed by atoms with E-state index in [4.69, 9.17) is 9.47 Å². The molecular weight excluding hydrogens is 480 g/mol. The molecule has 7 heteroatoms. The Morgan fingerprint density at radius 2 is 1.68 bits per heavy atom. The number of pyridine rings is 1. The van der Waals surface area contributed by atoms with Gasteiger partial charge in [0, 0.05) is 17.4 Å². The van der Waals surface area contributed by atoms with Crippen LogP contribution in [-0.2, 0) is 16.2 Å². The van der Waals surface area contributed by atoms with Crippen LogP contribution in [0, 0.1) is 6.92 Å². The van der Waals surface area contributed by atoms with Gasteiger partial charge in [0.1, 0.15) is 29.9 Å². The molecule has 4 aromatic rings. The maximum absolute atomic E-state index is 13.4. The zero-order valence-corrected chi connectivity index (χ0v) is 21.0. The average Bonchev–Trinajstić information content (AvgIpc) is 3.22. The van der Waals surface area contributed by atoms with Gasteiger partial charge in [-0.25, -0.2) is 0 Å². The van der Waals surface area contributed by atoms with E-state index in [1.165, 1.54) is 4.90 Å². The molecule has 1 aliphatic heterocycles. The van der Waals surface area contributed by atoms with Crippen LogP contribution >= 0.6 is 0 Å². The summed E-state index contributed by atoms with van der Waals surface area (Å²) in [5, 5.41) is 11.3. The van der Waals surface area contributed by atoms with Gasteiger partial charge in [0.05, 0.1) is 18.4 Å². The van der Waals surface area contributed by atoms with Crippen LogP contribution in [0.1, 0.15) is 28.4 Å². The molecule has 1 unspecified atom stereocenters. The van der Waals surface area contributed by atoms with Crippen molar-refractivity contribution >= 4 is 23.1 Å². The summed E-state index contributed by atoms with van der Waals surface area (Å²) in [6, 6.07) is 26.2. The Labute approximate surface area is 220 Å². The van der Waals surface area contributed by atoms with E-state index in [0.29, 0.717) is 35.1 Å². The van der Waals surface area contributed by atoms with Gasteiger partial charge in [-0.05, 0) is 72.6 Å². The van der Waals surface area contributed by atoms with Crippen molar-refractivity contribution in [3.8, 4) is 11.5 Å². The maximum atomic E-state index is 13.4. The smallest absolute Gasteiger partial charge is 0.300 e. The van der Waals surface area contributed by atoms with Gasteiger partial charge in [0.2, 0.25) is 0 Å². The summed E-state index contributed by atoms with van der Waals surface area (Å²) in [7, 11) is 1.56. The first kappa shape index (κ1) is 24.8. The van der Waals surface area contributed by atoms with Crippen LogP contribution in [0.5, 0.6) is 11.5 Å². The minimum atomic E-state index is -0.908. The topological polar surface area (TPSA) is 89.0 Å². The highest BCUT2D eigenvalue weighted by atomic mass is 16.5. The molecule has 1 fully saturated rings. The second kappa shape index (κ2) is 10.6. The average molecular weight is 507 g/mol. The summed E-state index contributed by atoms with van der Waals surface area (Å²) < 4.78 is 11.2. The standard InChI is InChI=1S/C31H26N2O5/c1-20-18-22(11-16-26(20)37-2)29(34)27-28(25-10-6-7-17-32-25)33(31(36)30(27)35)23-12-14-24(15-13-23)38-19-21-8-4-3-5-9-21/h3-18,28,34H,19H2,1-2H3/b29-27-. The summed E-state index contributed by atoms with van der Waals surface area (Å²) in [6.45, 7) is 2.24. The molecule has 190 valence electrons. The Morgan fingerprint density at radius 3 is 2.34 bits per heavy atom. The van der Waals surface area contributed by atoms with Crippen molar-refractivity contribution in [1.82, 2.24) is 4.98 Å². The lowest BCUT2D eigenvalue weighted by Gasteiger charge is -2.24. The fraction of sp³-hybridized carbons (Fsp3) is 0.129. The summed E-state index contributed by atoms with van der Waals surface area (Å²) >= 11 is 0. The van der Waals surface area contributed by atoms with E-state index < -0.39 is 17.7 Å². The van der Waals surface area contributed by atoms with Crippen molar-refractivity contribution in [3.63, 3.8) is 0 Å². The van der Waals surface area contributed by atoms with Crippen molar-refractivity contribution in [3.05, 3.63) is 125 Å². The number of nitrogens with zero attached hydrogens (tertiary/aromatic N) is 2. The molecule has 1 aromatic heterocycles. The number of methoxy groups -OCH3 is 1. The molecule has 38 heavy (non-hydrogen) atoms. The first-order valence-corrected chi connectivity index (χ1v) is 12.1. The molecule has 5 rings (SSSR count). The Balaban J connectivity index is 1.52. The summed E-state index contributed by atoms with van der Waals surface area (Å²) in [6.07, 6.45) is 1.59. The zero-order valence-electron chi connectivity index (χ0n) is 21.0. The van der Waals surface area contributed by atoms with Crippen LogP contribution in [0.3, 0.4) is 0 Å². The summed E-state index contributed by atoms with van der Waals surface area (Å²) in [5.74, 6) is -0.522. The van der Waals surface area contributed by atoms with E-state index in [9.17, 15) is 14.7 Å². The first-order valence-electron chi connectivity index (χ1n) is 12.1.